The minimum Gasteiger partial charge on any atom is -0.344 e. The molecule has 0 saturated heterocycles. The molecule has 2 rings (SSSR count). The van der Waals surface area contributed by atoms with E-state index in [0.717, 1.165) is 5.69 Å². The predicted molar refractivity (Wildman–Crippen MR) is 77.0 cm³/mol. The number of nitro benzene ring substituents is 1. The molecule has 0 aliphatic heterocycles. The topological polar surface area (TPSA) is 94.0 Å². The van der Waals surface area contributed by atoms with Crippen LogP contribution < -0.4 is 4.90 Å². The van der Waals surface area contributed by atoms with E-state index >= 15 is 0 Å². The third kappa shape index (κ3) is 2.80. The molecule has 6 heteroatoms. The molecule has 0 aromatic heterocycles. The molecular formula is C15H10N4O2. The fourth-order valence-electron chi connectivity index (χ4n) is 1.94. The second-order valence-electron chi connectivity index (χ2n) is 4.29. The Bertz CT molecular complexity index is 787. The van der Waals surface area contributed by atoms with Gasteiger partial charge in [-0.3, -0.25) is 10.1 Å². The summed E-state index contributed by atoms with van der Waals surface area (Å²) in [7, 11) is 1.73. The average Bonchev–Trinajstić information content (AvgIpc) is 2.53. The van der Waals surface area contributed by atoms with Gasteiger partial charge in [-0.1, -0.05) is 6.07 Å². The zero-order valence-electron chi connectivity index (χ0n) is 11.1. The number of non-ortho nitro benzene ring substituents is 1. The molecule has 0 heterocycles. The van der Waals surface area contributed by atoms with Crippen molar-refractivity contribution in [1.29, 1.82) is 10.5 Å². The highest BCUT2D eigenvalue weighted by Crippen LogP contribution is 2.29. The first-order valence-electron chi connectivity index (χ1n) is 5.99. The number of nitrogens with zero attached hydrogens (tertiary/aromatic N) is 4. The highest BCUT2D eigenvalue weighted by molar-refractivity contribution is 5.71. The molecule has 6 nitrogen and oxygen atoms in total. The first-order valence-corrected chi connectivity index (χ1v) is 5.99. The van der Waals surface area contributed by atoms with Crippen LogP contribution in [-0.4, -0.2) is 12.0 Å². The van der Waals surface area contributed by atoms with Gasteiger partial charge in [-0.05, 0) is 24.3 Å². The van der Waals surface area contributed by atoms with Crippen molar-refractivity contribution in [3.05, 3.63) is 63.7 Å². The Kier molecular flexibility index (Phi) is 3.83. The van der Waals surface area contributed by atoms with Gasteiger partial charge in [-0.2, -0.15) is 10.5 Å². The molecule has 0 atom stereocenters. The van der Waals surface area contributed by atoms with E-state index in [0.29, 0.717) is 11.3 Å². The van der Waals surface area contributed by atoms with Crippen LogP contribution in [0.4, 0.5) is 17.1 Å². The summed E-state index contributed by atoms with van der Waals surface area (Å²) in [6, 6.07) is 15.0. The number of nitro groups is 1. The minimum absolute atomic E-state index is 0.130. The molecule has 0 unspecified atom stereocenters. The fraction of sp³-hybridized carbons (Fsp3) is 0.0667. The highest BCUT2D eigenvalue weighted by Gasteiger charge is 2.14. The van der Waals surface area contributed by atoms with Crippen molar-refractivity contribution in [3.8, 4) is 12.1 Å². The Balaban J connectivity index is 2.48. The third-order valence-corrected chi connectivity index (χ3v) is 3.04. The molecule has 102 valence electrons. The van der Waals surface area contributed by atoms with Gasteiger partial charge in [0.05, 0.1) is 27.8 Å². The number of hydrogen-bond donors (Lipinski definition) is 0. The molecular weight excluding hydrogens is 268 g/mol. The summed E-state index contributed by atoms with van der Waals surface area (Å²) < 4.78 is 0. The first kappa shape index (κ1) is 14.0. The van der Waals surface area contributed by atoms with Crippen molar-refractivity contribution < 1.29 is 4.92 Å². The lowest BCUT2D eigenvalue weighted by molar-refractivity contribution is -0.384. The van der Waals surface area contributed by atoms with Gasteiger partial charge in [0.15, 0.2) is 0 Å². The molecule has 0 fully saturated rings. The number of anilines is 2. The second kappa shape index (κ2) is 5.72. The highest BCUT2D eigenvalue weighted by atomic mass is 16.6. The minimum atomic E-state index is -0.541. The maximum absolute atomic E-state index is 10.8. The average molecular weight is 278 g/mol. The molecule has 0 radical (unpaired) electrons. The predicted octanol–water partition coefficient (Wildman–Crippen LogP) is 3.11. The number of hydrogen-bond acceptors (Lipinski definition) is 5. The molecule has 0 amide bonds. The van der Waals surface area contributed by atoms with Crippen LogP contribution in [0.1, 0.15) is 11.1 Å². The normalized spacial score (nSPS) is 9.48. The lowest BCUT2D eigenvalue weighted by Gasteiger charge is -2.20. The Labute approximate surface area is 121 Å². The zero-order chi connectivity index (χ0) is 15.4. The monoisotopic (exact) mass is 278 g/mol. The van der Waals surface area contributed by atoms with Gasteiger partial charge in [0.2, 0.25) is 0 Å². The van der Waals surface area contributed by atoms with Crippen molar-refractivity contribution in [2.24, 2.45) is 0 Å². The number of rotatable bonds is 3. The summed E-state index contributed by atoms with van der Waals surface area (Å²) in [6.45, 7) is 0. The fourth-order valence-corrected chi connectivity index (χ4v) is 1.94. The van der Waals surface area contributed by atoms with E-state index in [4.69, 9.17) is 10.5 Å². The molecule has 0 aliphatic rings. The number of nitriles is 2. The van der Waals surface area contributed by atoms with Gasteiger partial charge in [0, 0.05) is 24.9 Å². The smallest absolute Gasteiger partial charge is 0.270 e. The molecule has 0 N–H and O–H groups in total. The quantitative estimate of drug-likeness (QED) is 0.635. The van der Waals surface area contributed by atoms with Gasteiger partial charge in [-0.25, -0.2) is 0 Å². The van der Waals surface area contributed by atoms with Crippen LogP contribution >= 0.6 is 0 Å². The number of benzene rings is 2. The third-order valence-electron chi connectivity index (χ3n) is 3.04. The Hall–Kier alpha value is -3.38. The van der Waals surface area contributed by atoms with Crippen molar-refractivity contribution in [2.45, 2.75) is 0 Å². The van der Waals surface area contributed by atoms with Gasteiger partial charge < -0.3 is 4.90 Å². The summed E-state index contributed by atoms with van der Waals surface area (Å²) in [5, 5.41) is 28.8. The SMILES string of the molecule is CN(c1cccc(C#N)c1)c1ccc([N+](=O)[O-])cc1C#N. The molecule has 0 spiro atoms. The summed E-state index contributed by atoms with van der Waals surface area (Å²) >= 11 is 0. The molecule has 0 saturated carbocycles. The molecule has 21 heavy (non-hydrogen) atoms. The largest absolute Gasteiger partial charge is 0.344 e. The summed E-state index contributed by atoms with van der Waals surface area (Å²) in [4.78, 5) is 11.9. The van der Waals surface area contributed by atoms with Crippen LogP contribution in [0, 0.1) is 32.8 Å². The lowest BCUT2D eigenvalue weighted by atomic mass is 10.1. The maximum atomic E-state index is 10.8. The van der Waals surface area contributed by atoms with Gasteiger partial charge in [-0.15, -0.1) is 0 Å². The lowest BCUT2D eigenvalue weighted by Crippen LogP contribution is -2.11. The molecule has 0 bridgehead atoms. The Morgan fingerprint density at radius 3 is 2.52 bits per heavy atom. The van der Waals surface area contributed by atoms with E-state index in [-0.39, 0.29) is 11.3 Å². The van der Waals surface area contributed by atoms with Crippen molar-refractivity contribution in [3.63, 3.8) is 0 Å². The van der Waals surface area contributed by atoms with Crippen LogP contribution in [0.3, 0.4) is 0 Å². The maximum Gasteiger partial charge on any atom is 0.270 e. The van der Waals surface area contributed by atoms with Crippen LogP contribution in [-0.2, 0) is 0 Å². The van der Waals surface area contributed by atoms with Crippen LogP contribution in [0.5, 0.6) is 0 Å². The molecule has 0 aliphatic carbocycles. The molecule has 2 aromatic rings. The van der Waals surface area contributed by atoms with Crippen LogP contribution in [0.2, 0.25) is 0 Å². The van der Waals surface area contributed by atoms with Crippen molar-refractivity contribution >= 4 is 17.1 Å². The first-order chi connectivity index (χ1) is 10.1. The summed E-state index contributed by atoms with van der Waals surface area (Å²) in [5.41, 5.74) is 1.83. The van der Waals surface area contributed by atoms with Crippen molar-refractivity contribution in [2.75, 3.05) is 11.9 Å². The van der Waals surface area contributed by atoms with E-state index in [1.807, 2.05) is 12.1 Å². The second-order valence-corrected chi connectivity index (χ2v) is 4.29. The van der Waals surface area contributed by atoms with Crippen LogP contribution in [0.25, 0.3) is 0 Å². The summed E-state index contributed by atoms with van der Waals surface area (Å²) in [6.07, 6.45) is 0. The zero-order valence-corrected chi connectivity index (χ0v) is 11.1. The van der Waals surface area contributed by atoms with Gasteiger partial charge >= 0.3 is 0 Å². The van der Waals surface area contributed by atoms with E-state index in [1.54, 1.807) is 36.2 Å². The van der Waals surface area contributed by atoms with Gasteiger partial charge in [0.1, 0.15) is 6.07 Å². The standard InChI is InChI=1S/C15H10N4O2/c1-18(13-4-2-3-11(7-13)9-16)15-6-5-14(19(20)21)8-12(15)10-17/h2-8H,1H3. The van der Waals surface area contributed by atoms with E-state index < -0.39 is 4.92 Å². The molecule has 2 aromatic carbocycles. The van der Waals surface area contributed by atoms with Crippen molar-refractivity contribution in [1.82, 2.24) is 0 Å². The Morgan fingerprint density at radius 2 is 1.90 bits per heavy atom. The van der Waals surface area contributed by atoms with E-state index in [9.17, 15) is 10.1 Å². The van der Waals surface area contributed by atoms with Crippen LogP contribution in [0.15, 0.2) is 42.5 Å². The summed E-state index contributed by atoms with van der Waals surface area (Å²) in [5.74, 6) is 0. The van der Waals surface area contributed by atoms with E-state index in [2.05, 4.69) is 0 Å². The van der Waals surface area contributed by atoms with Gasteiger partial charge in [0.25, 0.3) is 5.69 Å². The Morgan fingerprint density at radius 1 is 1.14 bits per heavy atom. The van der Waals surface area contributed by atoms with E-state index in [1.165, 1.54) is 18.2 Å².